The van der Waals surface area contributed by atoms with E-state index in [1.54, 1.807) is 6.07 Å². The van der Waals surface area contributed by atoms with Gasteiger partial charge < -0.3 is 10.8 Å². The molecule has 0 aliphatic heterocycles. The predicted molar refractivity (Wildman–Crippen MR) is 60.9 cm³/mol. The molecule has 0 aliphatic carbocycles. The van der Waals surface area contributed by atoms with Crippen LogP contribution in [0.1, 0.15) is 9.67 Å². The SMILES string of the molecule is Nc1c(Br)ccc2cc(C(=O)O)sc12. The average molecular weight is 272 g/mol. The Morgan fingerprint density at radius 3 is 2.86 bits per heavy atom. The van der Waals surface area contributed by atoms with Crippen molar-refractivity contribution in [1.29, 1.82) is 0 Å². The Morgan fingerprint density at radius 2 is 2.21 bits per heavy atom. The minimum absolute atomic E-state index is 0.310. The van der Waals surface area contributed by atoms with Crippen LogP contribution in [0.15, 0.2) is 22.7 Å². The van der Waals surface area contributed by atoms with Crippen LogP contribution in [0.2, 0.25) is 0 Å². The topological polar surface area (TPSA) is 63.3 Å². The van der Waals surface area contributed by atoms with Crippen LogP contribution in [0, 0.1) is 0 Å². The Morgan fingerprint density at radius 1 is 1.50 bits per heavy atom. The molecule has 3 N–H and O–H groups in total. The van der Waals surface area contributed by atoms with E-state index >= 15 is 0 Å². The van der Waals surface area contributed by atoms with Gasteiger partial charge in [-0.2, -0.15) is 0 Å². The lowest BCUT2D eigenvalue weighted by atomic mass is 10.2. The standard InChI is InChI=1S/C9H6BrNO2S/c10-5-2-1-4-3-6(9(12)13)14-8(4)7(5)11/h1-3H,11H2,(H,12,13). The third-order valence-electron chi connectivity index (χ3n) is 1.88. The average Bonchev–Trinajstić information content (AvgIpc) is 2.56. The number of carboxylic acid groups (broad SMARTS) is 1. The number of nitrogens with two attached hydrogens (primary N) is 1. The molecule has 0 atom stereocenters. The van der Waals surface area contributed by atoms with E-state index in [1.165, 1.54) is 11.3 Å². The summed E-state index contributed by atoms with van der Waals surface area (Å²) in [7, 11) is 0. The van der Waals surface area contributed by atoms with Crippen molar-refractivity contribution in [2.45, 2.75) is 0 Å². The highest BCUT2D eigenvalue weighted by Gasteiger charge is 2.11. The summed E-state index contributed by atoms with van der Waals surface area (Å²) in [6.45, 7) is 0. The van der Waals surface area contributed by atoms with E-state index in [1.807, 2.05) is 12.1 Å². The van der Waals surface area contributed by atoms with Gasteiger partial charge in [0.1, 0.15) is 4.88 Å². The number of fused-ring (bicyclic) bond motifs is 1. The van der Waals surface area contributed by atoms with Crippen LogP contribution in [0.25, 0.3) is 10.1 Å². The van der Waals surface area contributed by atoms with Crippen LogP contribution in [0.5, 0.6) is 0 Å². The second-order valence-electron chi connectivity index (χ2n) is 2.80. The summed E-state index contributed by atoms with van der Waals surface area (Å²) in [6.07, 6.45) is 0. The lowest BCUT2D eigenvalue weighted by molar-refractivity contribution is 0.0702. The van der Waals surface area contributed by atoms with E-state index in [-0.39, 0.29) is 0 Å². The highest BCUT2D eigenvalue weighted by molar-refractivity contribution is 9.10. The van der Waals surface area contributed by atoms with Crippen LogP contribution in [0.3, 0.4) is 0 Å². The molecule has 0 unspecified atom stereocenters. The van der Waals surface area contributed by atoms with Crippen LogP contribution >= 0.6 is 27.3 Å². The first-order valence-electron chi connectivity index (χ1n) is 3.80. The zero-order chi connectivity index (χ0) is 10.3. The van der Waals surface area contributed by atoms with E-state index in [9.17, 15) is 4.79 Å². The Kier molecular flexibility index (Phi) is 2.20. The molecule has 0 spiro atoms. The number of hydrogen-bond acceptors (Lipinski definition) is 3. The van der Waals surface area contributed by atoms with Gasteiger partial charge in [-0.05, 0) is 33.4 Å². The van der Waals surface area contributed by atoms with Gasteiger partial charge in [0.05, 0.1) is 10.4 Å². The molecule has 1 heterocycles. The van der Waals surface area contributed by atoms with Gasteiger partial charge in [0.2, 0.25) is 0 Å². The maximum atomic E-state index is 10.7. The van der Waals surface area contributed by atoms with Gasteiger partial charge in [0.15, 0.2) is 0 Å². The molecule has 0 saturated heterocycles. The number of nitrogen functional groups attached to an aromatic ring is 1. The van der Waals surface area contributed by atoms with E-state index in [2.05, 4.69) is 15.9 Å². The molecule has 72 valence electrons. The first-order valence-corrected chi connectivity index (χ1v) is 5.41. The molecule has 5 heteroatoms. The quantitative estimate of drug-likeness (QED) is 0.784. The first-order chi connectivity index (χ1) is 6.59. The molecule has 2 rings (SSSR count). The third kappa shape index (κ3) is 1.38. The van der Waals surface area contributed by atoms with E-state index < -0.39 is 5.97 Å². The van der Waals surface area contributed by atoms with Crippen molar-refractivity contribution in [3.8, 4) is 0 Å². The Bertz CT molecular complexity index is 521. The van der Waals surface area contributed by atoms with Crippen LogP contribution < -0.4 is 5.73 Å². The van der Waals surface area contributed by atoms with Crippen molar-refractivity contribution in [3.63, 3.8) is 0 Å². The Balaban J connectivity index is 2.77. The number of hydrogen-bond donors (Lipinski definition) is 2. The minimum Gasteiger partial charge on any atom is -0.477 e. The van der Waals surface area contributed by atoms with Crippen LogP contribution in [-0.2, 0) is 0 Å². The van der Waals surface area contributed by atoms with Crippen LogP contribution in [0.4, 0.5) is 5.69 Å². The highest BCUT2D eigenvalue weighted by Crippen LogP contribution is 2.34. The number of benzene rings is 1. The number of aromatic carboxylic acids is 1. The summed E-state index contributed by atoms with van der Waals surface area (Å²) in [5, 5.41) is 9.67. The molecule has 0 fully saturated rings. The molecular weight excluding hydrogens is 266 g/mol. The molecule has 1 aromatic heterocycles. The van der Waals surface area contributed by atoms with Gasteiger partial charge in [-0.1, -0.05) is 6.07 Å². The van der Waals surface area contributed by atoms with Crippen LogP contribution in [-0.4, -0.2) is 11.1 Å². The number of anilines is 1. The smallest absolute Gasteiger partial charge is 0.345 e. The van der Waals surface area contributed by atoms with Crippen molar-refractivity contribution >= 4 is 49.0 Å². The lowest BCUT2D eigenvalue weighted by Crippen LogP contribution is -1.89. The number of rotatable bonds is 1. The summed E-state index contributed by atoms with van der Waals surface area (Å²) in [4.78, 5) is 11.0. The zero-order valence-corrected chi connectivity index (χ0v) is 9.35. The molecule has 3 nitrogen and oxygen atoms in total. The zero-order valence-electron chi connectivity index (χ0n) is 6.95. The minimum atomic E-state index is -0.915. The number of carboxylic acids is 1. The summed E-state index contributed by atoms with van der Waals surface area (Å²) < 4.78 is 1.61. The lowest BCUT2D eigenvalue weighted by Gasteiger charge is -1.97. The summed E-state index contributed by atoms with van der Waals surface area (Å²) >= 11 is 4.49. The summed E-state index contributed by atoms with van der Waals surface area (Å²) in [6, 6.07) is 5.29. The molecule has 2 aromatic rings. The molecule has 0 bridgehead atoms. The fourth-order valence-corrected chi connectivity index (χ4v) is 2.63. The van der Waals surface area contributed by atoms with E-state index in [4.69, 9.17) is 10.8 Å². The molecule has 1 aromatic carbocycles. The number of halogens is 1. The normalized spacial score (nSPS) is 10.6. The molecule has 0 amide bonds. The fraction of sp³-hybridized carbons (Fsp3) is 0. The molecule has 0 saturated carbocycles. The van der Waals surface area contributed by atoms with Gasteiger partial charge in [-0.15, -0.1) is 11.3 Å². The highest BCUT2D eigenvalue weighted by atomic mass is 79.9. The van der Waals surface area contributed by atoms with E-state index in [0.717, 1.165) is 14.6 Å². The summed E-state index contributed by atoms with van der Waals surface area (Å²) in [5.74, 6) is -0.915. The van der Waals surface area contributed by atoms with Crippen molar-refractivity contribution in [3.05, 3.63) is 27.5 Å². The van der Waals surface area contributed by atoms with Gasteiger partial charge in [-0.3, -0.25) is 0 Å². The van der Waals surface area contributed by atoms with Gasteiger partial charge in [0.25, 0.3) is 0 Å². The van der Waals surface area contributed by atoms with Gasteiger partial charge in [0, 0.05) is 4.47 Å². The molecule has 14 heavy (non-hydrogen) atoms. The fourth-order valence-electron chi connectivity index (χ4n) is 1.21. The molecule has 0 aliphatic rings. The number of thiophene rings is 1. The maximum Gasteiger partial charge on any atom is 0.345 e. The maximum absolute atomic E-state index is 10.7. The second kappa shape index (κ2) is 3.25. The molecule has 0 radical (unpaired) electrons. The van der Waals surface area contributed by atoms with Crippen molar-refractivity contribution < 1.29 is 9.90 Å². The van der Waals surface area contributed by atoms with E-state index in [0.29, 0.717) is 10.6 Å². The monoisotopic (exact) mass is 271 g/mol. The van der Waals surface area contributed by atoms with Crippen molar-refractivity contribution in [1.82, 2.24) is 0 Å². The molecular formula is C9H6BrNO2S. The Labute approximate surface area is 92.3 Å². The Hall–Kier alpha value is -1.07. The van der Waals surface area contributed by atoms with Crippen molar-refractivity contribution in [2.24, 2.45) is 0 Å². The van der Waals surface area contributed by atoms with Gasteiger partial charge >= 0.3 is 5.97 Å². The number of carbonyl (C=O) groups is 1. The second-order valence-corrected chi connectivity index (χ2v) is 4.70. The first kappa shape index (κ1) is 9.48. The largest absolute Gasteiger partial charge is 0.477 e. The predicted octanol–water partition coefficient (Wildman–Crippen LogP) is 2.94. The third-order valence-corrected chi connectivity index (χ3v) is 3.75. The van der Waals surface area contributed by atoms with Gasteiger partial charge in [-0.25, -0.2) is 4.79 Å². The van der Waals surface area contributed by atoms with Crippen molar-refractivity contribution in [2.75, 3.05) is 5.73 Å². The summed E-state index contributed by atoms with van der Waals surface area (Å²) in [5.41, 5.74) is 6.40.